The van der Waals surface area contributed by atoms with Gasteiger partial charge in [-0.2, -0.15) is 5.10 Å². The Bertz CT molecular complexity index is 1680. The third-order valence-corrected chi connectivity index (χ3v) is 5.43. The number of hydrogen-bond donors (Lipinski definition) is 2. The van der Waals surface area contributed by atoms with Crippen LogP contribution in [0.25, 0.3) is 27.9 Å². The Morgan fingerprint density at radius 1 is 0.833 bits per heavy atom. The molecule has 0 bridgehead atoms. The SMILES string of the molecule is O=C(/C=C/c1cnc2ccccc2n1)NNC(=O)c1nn(Cc2ccccc2)c(=O)c2ccccc12. The number of nitrogens with zero attached hydrogens (tertiary/aromatic N) is 4. The van der Waals surface area contributed by atoms with Crippen molar-refractivity contribution in [1.29, 1.82) is 0 Å². The quantitative estimate of drug-likeness (QED) is 0.297. The van der Waals surface area contributed by atoms with Crippen molar-refractivity contribution in [2.75, 3.05) is 0 Å². The highest BCUT2D eigenvalue weighted by Crippen LogP contribution is 2.14. The average Bonchev–Trinajstić information content (AvgIpc) is 2.92. The standard InChI is InChI=1S/C27H20N6O3/c34-24(15-14-19-16-28-22-12-6-7-13-23(22)29-19)30-31-26(35)25-20-10-4-5-11-21(20)27(36)33(32-25)17-18-8-2-1-3-9-18/h1-16H,17H2,(H,30,34)(H,31,35)/b15-14+. The number of aromatic nitrogens is 4. The van der Waals surface area contributed by atoms with Crippen LogP contribution in [0, 0.1) is 0 Å². The normalized spacial score (nSPS) is 11.1. The smallest absolute Gasteiger partial charge is 0.268 e. The summed E-state index contributed by atoms with van der Waals surface area (Å²) in [5.41, 5.74) is 7.22. The summed E-state index contributed by atoms with van der Waals surface area (Å²) in [7, 11) is 0. The van der Waals surface area contributed by atoms with E-state index in [4.69, 9.17) is 0 Å². The van der Waals surface area contributed by atoms with Gasteiger partial charge in [0.15, 0.2) is 5.69 Å². The van der Waals surface area contributed by atoms with E-state index in [1.807, 2.05) is 54.6 Å². The third kappa shape index (κ3) is 4.85. The summed E-state index contributed by atoms with van der Waals surface area (Å²) in [6, 6.07) is 23.5. The summed E-state index contributed by atoms with van der Waals surface area (Å²) in [6.45, 7) is 0.201. The molecule has 2 heterocycles. The van der Waals surface area contributed by atoms with Crippen molar-refractivity contribution in [3.8, 4) is 0 Å². The molecule has 2 N–H and O–H groups in total. The number of carbonyl (C=O) groups is 2. The van der Waals surface area contributed by atoms with Gasteiger partial charge < -0.3 is 0 Å². The van der Waals surface area contributed by atoms with E-state index in [2.05, 4.69) is 25.9 Å². The number of amides is 2. The van der Waals surface area contributed by atoms with Crippen LogP contribution < -0.4 is 16.4 Å². The van der Waals surface area contributed by atoms with Gasteiger partial charge in [0.25, 0.3) is 17.4 Å². The van der Waals surface area contributed by atoms with E-state index in [0.29, 0.717) is 22.0 Å². The topological polar surface area (TPSA) is 119 Å². The van der Waals surface area contributed by atoms with E-state index in [1.165, 1.54) is 16.8 Å². The lowest BCUT2D eigenvalue weighted by Gasteiger charge is -2.11. The Balaban J connectivity index is 1.34. The Labute approximate surface area is 205 Å². The first-order valence-electron chi connectivity index (χ1n) is 11.1. The lowest BCUT2D eigenvalue weighted by atomic mass is 10.1. The lowest BCUT2D eigenvalue weighted by Crippen LogP contribution is -2.42. The van der Waals surface area contributed by atoms with Crippen molar-refractivity contribution >= 4 is 39.7 Å². The van der Waals surface area contributed by atoms with Gasteiger partial charge in [-0.15, -0.1) is 0 Å². The van der Waals surface area contributed by atoms with Gasteiger partial charge >= 0.3 is 0 Å². The van der Waals surface area contributed by atoms with E-state index in [0.717, 1.165) is 11.1 Å². The first kappa shape index (κ1) is 22.6. The summed E-state index contributed by atoms with van der Waals surface area (Å²) in [6.07, 6.45) is 4.28. The van der Waals surface area contributed by atoms with Crippen LogP contribution in [0.1, 0.15) is 21.7 Å². The Hall–Kier alpha value is -5.18. The molecule has 36 heavy (non-hydrogen) atoms. The summed E-state index contributed by atoms with van der Waals surface area (Å²) >= 11 is 0. The highest BCUT2D eigenvalue weighted by Gasteiger charge is 2.17. The molecule has 0 saturated heterocycles. The second-order valence-corrected chi connectivity index (χ2v) is 7.90. The maximum Gasteiger partial charge on any atom is 0.290 e. The van der Waals surface area contributed by atoms with E-state index >= 15 is 0 Å². The monoisotopic (exact) mass is 476 g/mol. The molecule has 0 aliphatic heterocycles. The van der Waals surface area contributed by atoms with Crippen LogP contribution in [-0.2, 0) is 11.3 Å². The molecule has 0 unspecified atom stereocenters. The number of carbonyl (C=O) groups excluding carboxylic acids is 2. The molecule has 9 heteroatoms. The Morgan fingerprint density at radius 2 is 1.53 bits per heavy atom. The van der Waals surface area contributed by atoms with Crippen LogP contribution in [0.2, 0.25) is 0 Å². The van der Waals surface area contributed by atoms with Gasteiger partial charge in [-0.25, -0.2) is 9.67 Å². The number of hydrazine groups is 1. The predicted molar refractivity (Wildman–Crippen MR) is 136 cm³/mol. The van der Waals surface area contributed by atoms with Crippen LogP contribution in [0.3, 0.4) is 0 Å². The van der Waals surface area contributed by atoms with Gasteiger partial charge in [0, 0.05) is 11.5 Å². The minimum Gasteiger partial charge on any atom is -0.268 e. The summed E-state index contributed by atoms with van der Waals surface area (Å²) in [4.78, 5) is 46.9. The van der Waals surface area contributed by atoms with Crippen molar-refractivity contribution in [2.24, 2.45) is 0 Å². The summed E-state index contributed by atoms with van der Waals surface area (Å²) in [5.74, 6) is -1.22. The molecule has 0 radical (unpaired) electrons. The van der Waals surface area contributed by atoms with E-state index in [1.54, 1.807) is 30.5 Å². The molecule has 3 aromatic carbocycles. The predicted octanol–water partition coefficient (Wildman–Crippen LogP) is 2.86. The van der Waals surface area contributed by atoms with Crippen molar-refractivity contribution in [2.45, 2.75) is 6.54 Å². The third-order valence-electron chi connectivity index (χ3n) is 5.43. The summed E-state index contributed by atoms with van der Waals surface area (Å²) < 4.78 is 1.24. The lowest BCUT2D eigenvalue weighted by molar-refractivity contribution is -0.117. The average molecular weight is 476 g/mol. The minimum atomic E-state index is -0.653. The molecule has 5 aromatic rings. The minimum absolute atomic E-state index is 0.0193. The van der Waals surface area contributed by atoms with E-state index in [-0.39, 0.29) is 17.8 Å². The van der Waals surface area contributed by atoms with Crippen LogP contribution in [0.15, 0.2) is 95.9 Å². The van der Waals surface area contributed by atoms with Crippen LogP contribution >= 0.6 is 0 Å². The van der Waals surface area contributed by atoms with Gasteiger partial charge in [0.1, 0.15) is 0 Å². The Morgan fingerprint density at radius 3 is 2.33 bits per heavy atom. The van der Waals surface area contributed by atoms with Gasteiger partial charge in [-0.05, 0) is 29.8 Å². The zero-order valence-corrected chi connectivity index (χ0v) is 19.0. The van der Waals surface area contributed by atoms with Gasteiger partial charge in [-0.3, -0.25) is 30.2 Å². The largest absolute Gasteiger partial charge is 0.290 e. The molecular formula is C27H20N6O3. The number of nitrogens with one attached hydrogen (secondary N) is 2. The van der Waals surface area contributed by atoms with Crippen molar-refractivity contribution in [1.82, 2.24) is 30.6 Å². The zero-order valence-electron chi connectivity index (χ0n) is 19.0. The van der Waals surface area contributed by atoms with E-state index < -0.39 is 11.8 Å². The van der Waals surface area contributed by atoms with Crippen molar-refractivity contribution < 1.29 is 9.59 Å². The van der Waals surface area contributed by atoms with Gasteiger partial charge in [-0.1, -0.05) is 60.7 Å². The fraction of sp³-hybridized carbons (Fsp3) is 0.0370. The molecule has 176 valence electrons. The van der Waals surface area contributed by atoms with Crippen molar-refractivity contribution in [3.63, 3.8) is 0 Å². The zero-order chi connectivity index (χ0) is 24.9. The Kier molecular flexibility index (Phi) is 6.27. The molecule has 2 aromatic heterocycles. The fourth-order valence-electron chi connectivity index (χ4n) is 3.70. The highest BCUT2D eigenvalue weighted by molar-refractivity contribution is 6.05. The van der Waals surface area contributed by atoms with Gasteiger partial charge in [0.05, 0.1) is 34.9 Å². The number of fused-ring (bicyclic) bond motifs is 2. The molecule has 0 spiro atoms. The van der Waals surface area contributed by atoms with Crippen LogP contribution in [0.5, 0.6) is 0 Å². The first-order valence-corrected chi connectivity index (χ1v) is 11.1. The molecule has 2 amide bonds. The second kappa shape index (κ2) is 9.98. The van der Waals surface area contributed by atoms with Crippen LogP contribution in [0.4, 0.5) is 0 Å². The maximum absolute atomic E-state index is 13.0. The maximum atomic E-state index is 13.0. The first-order chi connectivity index (χ1) is 17.6. The molecular weight excluding hydrogens is 456 g/mol. The van der Waals surface area contributed by atoms with Crippen molar-refractivity contribution in [3.05, 3.63) is 118 Å². The van der Waals surface area contributed by atoms with Crippen LogP contribution in [-0.4, -0.2) is 31.6 Å². The number of para-hydroxylation sites is 2. The number of rotatable bonds is 5. The number of benzene rings is 3. The van der Waals surface area contributed by atoms with E-state index in [9.17, 15) is 14.4 Å². The fourth-order valence-corrected chi connectivity index (χ4v) is 3.70. The molecule has 0 aliphatic carbocycles. The number of hydrogen-bond acceptors (Lipinski definition) is 6. The highest BCUT2D eigenvalue weighted by atomic mass is 16.2. The molecule has 5 rings (SSSR count). The molecule has 0 saturated carbocycles. The molecule has 9 nitrogen and oxygen atoms in total. The summed E-state index contributed by atoms with van der Waals surface area (Å²) in [5, 5.41) is 5.05. The van der Waals surface area contributed by atoms with Gasteiger partial charge in [0.2, 0.25) is 0 Å². The molecule has 0 fully saturated rings. The molecule has 0 aliphatic rings. The second-order valence-electron chi connectivity index (χ2n) is 7.90. The molecule has 0 atom stereocenters.